The summed E-state index contributed by atoms with van der Waals surface area (Å²) in [5.41, 5.74) is 1.40. The van der Waals surface area contributed by atoms with Gasteiger partial charge in [-0.3, -0.25) is 9.28 Å². The lowest BCUT2D eigenvalue weighted by atomic mass is 10.1. The van der Waals surface area contributed by atoms with Gasteiger partial charge in [0.2, 0.25) is 5.91 Å². The van der Waals surface area contributed by atoms with Crippen molar-refractivity contribution in [2.45, 2.75) is 155 Å². The van der Waals surface area contributed by atoms with Crippen LogP contribution in [0.15, 0.2) is 35.3 Å². The smallest absolute Gasteiger partial charge is 0.219 e. The van der Waals surface area contributed by atoms with Gasteiger partial charge >= 0.3 is 0 Å². The van der Waals surface area contributed by atoms with Crippen molar-refractivity contribution in [3.05, 3.63) is 35.9 Å². The van der Waals surface area contributed by atoms with E-state index >= 15 is 0 Å². The summed E-state index contributed by atoms with van der Waals surface area (Å²) in [7, 11) is 0. The van der Waals surface area contributed by atoms with E-state index in [0.717, 1.165) is 56.5 Å². The number of unbranched alkanes of at least 4 members (excludes halogenated alkanes) is 16. The van der Waals surface area contributed by atoms with Crippen molar-refractivity contribution < 1.29 is 9.28 Å². The van der Waals surface area contributed by atoms with E-state index in [9.17, 15) is 4.79 Å². The van der Waals surface area contributed by atoms with Gasteiger partial charge in [0.15, 0.2) is 5.84 Å². The molecule has 1 unspecified atom stereocenters. The van der Waals surface area contributed by atoms with Crippen LogP contribution >= 0.6 is 0 Å². The van der Waals surface area contributed by atoms with Gasteiger partial charge in [-0.25, -0.2) is 4.99 Å². The summed E-state index contributed by atoms with van der Waals surface area (Å²) in [6, 6.07) is 11.0. The molecule has 1 aliphatic rings. The zero-order valence-corrected chi connectivity index (χ0v) is 26.6. The topological polar surface area (TPSA) is 41.5 Å². The van der Waals surface area contributed by atoms with Crippen LogP contribution in [0.2, 0.25) is 0 Å². The van der Waals surface area contributed by atoms with Crippen molar-refractivity contribution in [3.63, 3.8) is 0 Å². The first-order chi connectivity index (χ1) is 19.7. The summed E-state index contributed by atoms with van der Waals surface area (Å²) in [6.45, 7) is 9.51. The number of benzene rings is 1. The standard InChI is InChI=1S/C36H63N3O/c1-3-5-7-9-11-13-15-17-22-27-35-37-30-32-39(35,33-34-25-20-19-21-26-34)31-24-29-38-36(40)28-23-18-16-14-12-10-8-6-4-2/h19-21,25-26H,3-18,22-24,27-33H2,1-2H3/p+1. The highest BCUT2D eigenvalue weighted by atomic mass is 16.1. The Labute approximate surface area is 248 Å². The maximum Gasteiger partial charge on any atom is 0.219 e. The number of amidine groups is 1. The quantitative estimate of drug-likeness (QED) is 0.0898. The molecule has 0 aromatic heterocycles. The molecule has 1 atom stereocenters. The number of rotatable bonds is 26. The fourth-order valence-electron chi connectivity index (χ4n) is 6.28. The molecule has 1 amide bonds. The largest absolute Gasteiger partial charge is 0.356 e. The molecule has 0 saturated carbocycles. The van der Waals surface area contributed by atoms with Crippen molar-refractivity contribution >= 4 is 11.7 Å². The van der Waals surface area contributed by atoms with E-state index in [2.05, 4.69) is 49.5 Å². The predicted octanol–water partition coefficient (Wildman–Crippen LogP) is 9.76. The molecule has 0 radical (unpaired) electrons. The Morgan fingerprint density at radius 3 is 1.88 bits per heavy atom. The highest BCUT2D eigenvalue weighted by Gasteiger charge is 2.37. The molecule has 228 valence electrons. The van der Waals surface area contributed by atoms with E-state index in [1.807, 2.05) is 0 Å². The Morgan fingerprint density at radius 1 is 0.725 bits per heavy atom. The van der Waals surface area contributed by atoms with Crippen LogP contribution in [0.1, 0.15) is 154 Å². The minimum absolute atomic E-state index is 0.238. The van der Waals surface area contributed by atoms with Crippen molar-refractivity contribution in [2.24, 2.45) is 4.99 Å². The van der Waals surface area contributed by atoms with Crippen molar-refractivity contribution in [2.75, 3.05) is 26.2 Å². The molecule has 0 bridgehead atoms. The number of quaternary nitrogens is 1. The fourth-order valence-corrected chi connectivity index (χ4v) is 6.28. The lowest BCUT2D eigenvalue weighted by Gasteiger charge is -2.35. The minimum Gasteiger partial charge on any atom is -0.356 e. The van der Waals surface area contributed by atoms with E-state index in [0.29, 0.717) is 6.42 Å². The van der Waals surface area contributed by atoms with Crippen LogP contribution in [0.25, 0.3) is 0 Å². The van der Waals surface area contributed by atoms with Crippen LogP contribution in [0.4, 0.5) is 0 Å². The Balaban J connectivity index is 1.68. The molecule has 0 aliphatic carbocycles. The molecular weight excluding hydrogens is 490 g/mol. The average molecular weight is 555 g/mol. The molecule has 0 saturated heterocycles. The van der Waals surface area contributed by atoms with Gasteiger partial charge in [0.1, 0.15) is 13.1 Å². The number of amides is 1. The van der Waals surface area contributed by atoms with Gasteiger partial charge in [-0.1, -0.05) is 147 Å². The van der Waals surface area contributed by atoms with Crippen LogP contribution in [0.3, 0.4) is 0 Å². The molecule has 1 aromatic carbocycles. The fraction of sp³-hybridized carbons (Fsp3) is 0.778. The first-order valence-electron chi connectivity index (χ1n) is 17.4. The highest BCUT2D eigenvalue weighted by Crippen LogP contribution is 2.25. The van der Waals surface area contributed by atoms with E-state index in [1.165, 1.54) is 121 Å². The summed E-state index contributed by atoms with van der Waals surface area (Å²) in [4.78, 5) is 17.5. The number of carbonyl (C=O) groups excluding carboxylic acids is 1. The second-order valence-electron chi connectivity index (χ2n) is 12.4. The lowest BCUT2D eigenvalue weighted by Crippen LogP contribution is -2.51. The maximum absolute atomic E-state index is 12.4. The lowest BCUT2D eigenvalue weighted by molar-refractivity contribution is -0.850. The third kappa shape index (κ3) is 15.4. The minimum atomic E-state index is 0.238. The van der Waals surface area contributed by atoms with Gasteiger partial charge in [-0.05, 0) is 12.8 Å². The van der Waals surface area contributed by atoms with Crippen LogP contribution in [0, 0.1) is 0 Å². The van der Waals surface area contributed by atoms with Crippen LogP contribution < -0.4 is 5.32 Å². The number of nitrogens with zero attached hydrogens (tertiary/aromatic N) is 2. The van der Waals surface area contributed by atoms with E-state index in [4.69, 9.17) is 4.99 Å². The SMILES string of the molecule is CCCCCCCCCCCC(=O)NCCC[N+]1(Cc2ccccc2)CCN=C1CCCCCCCCCCC. The van der Waals surface area contributed by atoms with Gasteiger partial charge in [0.25, 0.3) is 0 Å². The molecule has 0 fully saturated rings. The number of carbonyl (C=O) groups is 1. The summed E-state index contributed by atoms with van der Waals surface area (Å²) >= 11 is 0. The van der Waals surface area contributed by atoms with E-state index in [1.54, 1.807) is 0 Å². The molecule has 2 rings (SSSR count). The van der Waals surface area contributed by atoms with Gasteiger partial charge in [0.05, 0.1) is 13.1 Å². The summed E-state index contributed by atoms with van der Waals surface area (Å²) < 4.78 is 0.995. The average Bonchev–Trinajstić information content (AvgIpc) is 3.36. The second-order valence-corrected chi connectivity index (χ2v) is 12.4. The molecule has 4 nitrogen and oxygen atoms in total. The Hall–Kier alpha value is -1.68. The third-order valence-corrected chi connectivity index (χ3v) is 8.79. The monoisotopic (exact) mass is 555 g/mol. The van der Waals surface area contributed by atoms with Gasteiger partial charge in [-0.15, -0.1) is 0 Å². The number of aliphatic imine (C=N–C) groups is 1. The van der Waals surface area contributed by atoms with Crippen LogP contribution in [-0.2, 0) is 11.3 Å². The zero-order valence-electron chi connectivity index (χ0n) is 26.6. The molecule has 1 aliphatic heterocycles. The predicted molar refractivity (Wildman–Crippen MR) is 174 cm³/mol. The zero-order chi connectivity index (χ0) is 28.6. The van der Waals surface area contributed by atoms with Gasteiger partial charge < -0.3 is 5.32 Å². The summed E-state index contributed by atoms with van der Waals surface area (Å²) in [5, 5.41) is 3.22. The normalized spacial score (nSPS) is 16.8. The number of hydrogen-bond donors (Lipinski definition) is 1. The number of nitrogens with one attached hydrogen (secondary N) is 1. The molecule has 40 heavy (non-hydrogen) atoms. The summed E-state index contributed by atoms with van der Waals surface area (Å²) in [5.74, 6) is 1.65. The molecule has 0 spiro atoms. The molecule has 1 aromatic rings. The Kier molecular flexibility index (Phi) is 19.8. The van der Waals surface area contributed by atoms with Crippen molar-refractivity contribution in [1.29, 1.82) is 0 Å². The first-order valence-corrected chi connectivity index (χ1v) is 17.4. The highest BCUT2D eigenvalue weighted by molar-refractivity contribution is 5.77. The first kappa shape index (κ1) is 34.5. The Bertz CT molecular complexity index is 778. The molecule has 4 heteroatoms. The molecular formula is C36H64N3O+. The summed E-state index contributed by atoms with van der Waals surface area (Å²) in [6.07, 6.45) is 26.8. The van der Waals surface area contributed by atoms with E-state index in [-0.39, 0.29) is 5.91 Å². The van der Waals surface area contributed by atoms with E-state index < -0.39 is 0 Å². The van der Waals surface area contributed by atoms with Gasteiger partial charge in [-0.2, -0.15) is 0 Å². The van der Waals surface area contributed by atoms with Crippen LogP contribution in [-0.4, -0.2) is 42.4 Å². The number of hydrogen-bond acceptors (Lipinski definition) is 2. The van der Waals surface area contributed by atoms with Crippen molar-refractivity contribution in [3.8, 4) is 0 Å². The van der Waals surface area contributed by atoms with Crippen molar-refractivity contribution in [1.82, 2.24) is 5.32 Å². The second kappa shape index (κ2) is 22.9. The molecule has 1 N–H and O–H groups in total. The maximum atomic E-state index is 12.4. The van der Waals surface area contributed by atoms with Gasteiger partial charge in [0, 0.05) is 31.4 Å². The molecule has 1 heterocycles. The van der Waals surface area contributed by atoms with Crippen LogP contribution in [0.5, 0.6) is 0 Å². The Morgan fingerprint density at radius 2 is 1.27 bits per heavy atom. The third-order valence-electron chi connectivity index (χ3n) is 8.79.